The molecule has 3 aromatic carbocycles. The van der Waals surface area contributed by atoms with Gasteiger partial charge in [0.25, 0.3) is 11.8 Å². The molecule has 1 aliphatic heterocycles. The highest BCUT2D eigenvalue weighted by molar-refractivity contribution is 6.46. The van der Waals surface area contributed by atoms with Gasteiger partial charge in [0, 0.05) is 5.69 Å². The van der Waals surface area contributed by atoms with Crippen molar-refractivity contribution in [2.24, 2.45) is 0 Å². The zero-order valence-electron chi connectivity index (χ0n) is 21.3. The first-order valence-corrected chi connectivity index (χ1v) is 12.5. The predicted molar refractivity (Wildman–Crippen MR) is 145 cm³/mol. The summed E-state index contributed by atoms with van der Waals surface area (Å²) in [4.78, 5) is 28.8. The van der Waals surface area contributed by atoms with Gasteiger partial charge in [-0.1, -0.05) is 75.2 Å². The molecule has 1 aliphatic rings. The summed E-state index contributed by atoms with van der Waals surface area (Å²) in [6, 6.07) is 21.8. The smallest absolute Gasteiger partial charge is 0.282 e. The fraction of sp³-hybridized carbons (Fsp3) is 0.290. The van der Waals surface area contributed by atoms with Crippen molar-refractivity contribution in [2.45, 2.75) is 59.8 Å². The van der Waals surface area contributed by atoms with Gasteiger partial charge in [0.2, 0.25) is 0 Å². The number of unbranched alkanes of at least 4 members (excludes halogenated alkanes) is 1. The molecule has 1 N–H and O–H groups in total. The number of carbonyl (C=O) groups is 2. The molecule has 0 spiro atoms. The van der Waals surface area contributed by atoms with E-state index in [0.29, 0.717) is 22.9 Å². The zero-order chi connectivity index (χ0) is 25.1. The lowest BCUT2D eigenvalue weighted by molar-refractivity contribution is -0.120. The summed E-state index contributed by atoms with van der Waals surface area (Å²) in [5, 5.41) is 3.28. The Hall–Kier alpha value is -3.66. The standard InChI is InChI=1S/C31H34N2O2/c1-6-7-8-23-10-16-26(17-11-23)33-30(34)28(27-18-9-21(4)19-22(27)5)29(31(33)35)32-25-14-12-24(13-15-25)20(2)3/h9-20,32H,6-8H2,1-5H3. The number of nitrogens with one attached hydrogen (secondary N) is 1. The number of amides is 2. The van der Waals surface area contributed by atoms with Crippen molar-refractivity contribution >= 4 is 28.8 Å². The number of carbonyl (C=O) groups excluding carboxylic acids is 2. The highest BCUT2D eigenvalue weighted by Crippen LogP contribution is 2.35. The van der Waals surface area contributed by atoms with Gasteiger partial charge in [-0.25, -0.2) is 4.90 Å². The second kappa shape index (κ2) is 10.3. The summed E-state index contributed by atoms with van der Waals surface area (Å²) in [6.45, 7) is 10.5. The molecular weight excluding hydrogens is 432 g/mol. The summed E-state index contributed by atoms with van der Waals surface area (Å²) in [5.41, 5.74) is 7.38. The van der Waals surface area contributed by atoms with E-state index in [1.807, 2.05) is 68.4 Å². The number of rotatable bonds is 8. The highest BCUT2D eigenvalue weighted by atomic mass is 16.2. The number of anilines is 2. The van der Waals surface area contributed by atoms with Crippen molar-refractivity contribution in [1.29, 1.82) is 0 Å². The van der Waals surface area contributed by atoms with Crippen LogP contribution in [0.3, 0.4) is 0 Å². The first-order valence-electron chi connectivity index (χ1n) is 12.5. The van der Waals surface area contributed by atoms with E-state index in [1.165, 1.54) is 16.0 Å². The van der Waals surface area contributed by atoms with Crippen LogP contribution in [-0.4, -0.2) is 11.8 Å². The Balaban J connectivity index is 1.74. The summed E-state index contributed by atoms with van der Waals surface area (Å²) in [5.74, 6) is -0.219. The van der Waals surface area contributed by atoms with Crippen molar-refractivity contribution < 1.29 is 9.59 Å². The molecule has 0 atom stereocenters. The van der Waals surface area contributed by atoms with Gasteiger partial charge in [-0.2, -0.15) is 0 Å². The molecule has 4 heteroatoms. The third kappa shape index (κ3) is 5.07. The van der Waals surface area contributed by atoms with Crippen LogP contribution in [0, 0.1) is 13.8 Å². The Kier molecular flexibility index (Phi) is 7.20. The average Bonchev–Trinajstić information content (AvgIpc) is 3.07. The van der Waals surface area contributed by atoms with Crippen molar-refractivity contribution in [1.82, 2.24) is 0 Å². The molecule has 3 aromatic rings. The van der Waals surface area contributed by atoms with Crippen LogP contribution in [0.4, 0.5) is 11.4 Å². The van der Waals surface area contributed by atoms with Crippen LogP contribution in [-0.2, 0) is 16.0 Å². The third-order valence-corrected chi connectivity index (χ3v) is 6.60. The topological polar surface area (TPSA) is 49.4 Å². The molecule has 180 valence electrons. The fourth-order valence-corrected chi connectivity index (χ4v) is 4.51. The normalized spacial score (nSPS) is 13.8. The number of hydrogen-bond donors (Lipinski definition) is 1. The minimum Gasteiger partial charge on any atom is -0.350 e. The molecule has 0 radical (unpaired) electrons. The molecular formula is C31H34N2O2. The van der Waals surface area contributed by atoms with Crippen LogP contribution < -0.4 is 10.2 Å². The second-order valence-corrected chi connectivity index (χ2v) is 9.69. The Morgan fingerprint density at radius 2 is 1.54 bits per heavy atom. The van der Waals surface area contributed by atoms with Crippen molar-refractivity contribution in [3.63, 3.8) is 0 Å². The number of hydrogen-bond acceptors (Lipinski definition) is 3. The van der Waals surface area contributed by atoms with Gasteiger partial charge in [0.05, 0.1) is 11.3 Å². The molecule has 0 saturated heterocycles. The first kappa shape index (κ1) is 24.5. The quantitative estimate of drug-likeness (QED) is 0.358. The van der Waals surface area contributed by atoms with Crippen LogP contribution in [0.2, 0.25) is 0 Å². The summed E-state index contributed by atoms with van der Waals surface area (Å²) >= 11 is 0. The zero-order valence-corrected chi connectivity index (χ0v) is 21.3. The van der Waals surface area contributed by atoms with Gasteiger partial charge in [-0.3, -0.25) is 9.59 Å². The maximum atomic E-state index is 13.8. The Morgan fingerprint density at radius 3 is 2.14 bits per heavy atom. The molecule has 4 rings (SSSR count). The largest absolute Gasteiger partial charge is 0.350 e. The van der Waals surface area contributed by atoms with Gasteiger partial charge < -0.3 is 5.32 Å². The van der Waals surface area contributed by atoms with Crippen LogP contribution in [0.25, 0.3) is 5.57 Å². The molecule has 4 nitrogen and oxygen atoms in total. The van der Waals surface area contributed by atoms with Crippen LogP contribution in [0.15, 0.2) is 72.4 Å². The lowest BCUT2D eigenvalue weighted by Gasteiger charge is -2.16. The van der Waals surface area contributed by atoms with Gasteiger partial charge in [-0.05, 0) is 79.1 Å². The number of aryl methyl sites for hydroxylation is 3. The highest BCUT2D eigenvalue weighted by Gasteiger charge is 2.40. The first-order chi connectivity index (χ1) is 16.8. The van der Waals surface area contributed by atoms with E-state index in [-0.39, 0.29) is 11.8 Å². The summed E-state index contributed by atoms with van der Waals surface area (Å²) in [7, 11) is 0. The second-order valence-electron chi connectivity index (χ2n) is 9.69. The lowest BCUT2D eigenvalue weighted by Crippen LogP contribution is -2.32. The Labute approximate surface area is 208 Å². The molecule has 1 heterocycles. The lowest BCUT2D eigenvalue weighted by atomic mass is 9.97. The minimum absolute atomic E-state index is 0.301. The molecule has 0 saturated carbocycles. The van der Waals surface area contributed by atoms with Crippen molar-refractivity contribution in [3.8, 4) is 0 Å². The number of benzene rings is 3. The Bertz CT molecular complexity index is 1270. The van der Waals surface area contributed by atoms with Crippen LogP contribution in [0.5, 0.6) is 0 Å². The Morgan fingerprint density at radius 1 is 0.857 bits per heavy atom. The fourth-order valence-electron chi connectivity index (χ4n) is 4.51. The van der Waals surface area contributed by atoms with E-state index in [0.717, 1.165) is 41.6 Å². The van der Waals surface area contributed by atoms with Gasteiger partial charge in [0.15, 0.2) is 0 Å². The maximum absolute atomic E-state index is 13.8. The van der Waals surface area contributed by atoms with Crippen molar-refractivity contribution in [2.75, 3.05) is 10.2 Å². The van der Waals surface area contributed by atoms with E-state index in [2.05, 4.69) is 38.2 Å². The molecule has 0 bridgehead atoms. The average molecular weight is 467 g/mol. The molecule has 35 heavy (non-hydrogen) atoms. The van der Waals surface area contributed by atoms with E-state index in [9.17, 15) is 9.59 Å². The van der Waals surface area contributed by atoms with Gasteiger partial charge in [0.1, 0.15) is 5.70 Å². The van der Waals surface area contributed by atoms with Gasteiger partial charge in [-0.15, -0.1) is 0 Å². The van der Waals surface area contributed by atoms with Gasteiger partial charge >= 0.3 is 0 Å². The molecule has 2 amide bonds. The molecule has 0 aromatic heterocycles. The van der Waals surface area contributed by atoms with E-state index >= 15 is 0 Å². The molecule has 0 aliphatic carbocycles. The van der Waals surface area contributed by atoms with E-state index in [1.54, 1.807) is 0 Å². The van der Waals surface area contributed by atoms with Crippen LogP contribution in [0.1, 0.15) is 67.3 Å². The third-order valence-electron chi connectivity index (χ3n) is 6.60. The molecule has 0 fully saturated rings. The van der Waals surface area contributed by atoms with E-state index in [4.69, 9.17) is 0 Å². The number of imide groups is 1. The minimum atomic E-state index is -0.334. The van der Waals surface area contributed by atoms with Crippen molar-refractivity contribution in [3.05, 3.63) is 100 Å². The monoisotopic (exact) mass is 466 g/mol. The maximum Gasteiger partial charge on any atom is 0.282 e. The summed E-state index contributed by atoms with van der Waals surface area (Å²) in [6.07, 6.45) is 3.23. The van der Waals surface area contributed by atoms with Crippen LogP contribution >= 0.6 is 0 Å². The summed E-state index contributed by atoms with van der Waals surface area (Å²) < 4.78 is 0. The SMILES string of the molecule is CCCCc1ccc(N2C(=O)C(Nc3ccc(C(C)C)cc3)=C(c3ccc(C)cc3C)C2=O)cc1. The molecule has 0 unspecified atom stereocenters. The van der Waals surface area contributed by atoms with E-state index < -0.39 is 0 Å². The predicted octanol–water partition coefficient (Wildman–Crippen LogP) is 7.17. The number of nitrogens with zero attached hydrogens (tertiary/aromatic N) is 1.